The van der Waals surface area contributed by atoms with Gasteiger partial charge in [0.15, 0.2) is 0 Å². The fourth-order valence-electron chi connectivity index (χ4n) is 2.88. The molecule has 128 valence electrons. The molecule has 0 fully saturated rings. The summed E-state index contributed by atoms with van der Waals surface area (Å²) >= 11 is 0. The van der Waals surface area contributed by atoms with E-state index in [2.05, 4.69) is 0 Å². The quantitative estimate of drug-likeness (QED) is 0.756. The first-order chi connectivity index (χ1) is 11.6. The molecule has 0 saturated carbocycles. The van der Waals surface area contributed by atoms with Crippen LogP contribution in [0.2, 0.25) is 0 Å². The van der Waals surface area contributed by atoms with E-state index in [9.17, 15) is 9.59 Å². The molecule has 1 aromatic heterocycles. The van der Waals surface area contributed by atoms with Crippen molar-refractivity contribution in [2.75, 3.05) is 13.2 Å². The number of carbonyl (C=O) groups excluding carboxylic acids is 2. The number of benzene rings is 1. The van der Waals surface area contributed by atoms with E-state index in [0.29, 0.717) is 29.1 Å². The molecule has 1 aromatic carbocycles. The van der Waals surface area contributed by atoms with E-state index in [1.165, 1.54) is 0 Å². The van der Waals surface area contributed by atoms with Gasteiger partial charge in [-0.1, -0.05) is 30.3 Å². The standard InChI is InChI=1S/C19H23NO4/c1-5-20-13(4)15(18(21)23-6-2)16(14-11-9-8-10-12-14)17(20)19(22)24-7-3/h8-12H,5-7H2,1-4H3. The van der Waals surface area contributed by atoms with Crippen LogP contribution in [-0.2, 0) is 16.0 Å². The third-order valence-corrected chi connectivity index (χ3v) is 3.85. The number of hydrogen-bond acceptors (Lipinski definition) is 4. The maximum absolute atomic E-state index is 12.6. The van der Waals surface area contributed by atoms with E-state index in [1.54, 1.807) is 13.8 Å². The van der Waals surface area contributed by atoms with Crippen LogP contribution in [0.15, 0.2) is 30.3 Å². The molecule has 2 rings (SSSR count). The summed E-state index contributed by atoms with van der Waals surface area (Å²) in [5.74, 6) is -0.858. The molecule has 0 N–H and O–H groups in total. The Hall–Kier alpha value is -2.56. The average Bonchev–Trinajstić information content (AvgIpc) is 2.88. The molecule has 0 aliphatic carbocycles. The van der Waals surface area contributed by atoms with Crippen LogP contribution < -0.4 is 0 Å². The third-order valence-electron chi connectivity index (χ3n) is 3.85. The van der Waals surface area contributed by atoms with E-state index in [0.717, 1.165) is 5.56 Å². The summed E-state index contributed by atoms with van der Waals surface area (Å²) in [4.78, 5) is 25.1. The summed E-state index contributed by atoms with van der Waals surface area (Å²) in [6.45, 7) is 8.38. The molecule has 0 atom stereocenters. The molecule has 1 heterocycles. The Labute approximate surface area is 142 Å². The van der Waals surface area contributed by atoms with Crippen LogP contribution >= 0.6 is 0 Å². The molecule has 0 amide bonds. The van der Waals surface area contributed by atoms with Gasteiger partial charge in [-0.15, -0.1) is 0 Å². The summed E-state index contributed by atoms with van der Waals surface area (Å²) in [5, 5.41) is 0. The normalized spacial score (nSPS) is 10.5. The molecule has 0 aliphatic rings. The van der Waals surface area contributed by atoms with Gasteiger partial charge < -0.3 is 14.0 Å². The number of aromatic nitrogens is 1. The van der Waals surface area contributed by atoms with Crippen LogP contribution in [0.4, 0.5) is 0 Å². The highest BCUT2D eigenvalue weighted by Gasteiger charge is 2.30. The molecule has 0 aliphatic heterocycles. The molecule has 0 saturated heterocycles. The van der Waals surface area contributed by atoms with Gasteiger partial charge in [-0.2, -0.15) is 0 Å². The van der Waals surface area contributed by atoms with E-state index in [1.807, 2.05) is 48.7 Å². The topological polar surface area (TPSA) is 57.5 Å². The summed E-state index contributed by atoms with van der Waals surface area (Å²) in [6.07, 6.45) is 0. The lowest BCUT2D eigenvalue weighted by Crippen LogP contribution is -2.13. The minimum absolute atomic E-state index is 0.274. The monoisotopic (exact) mass is 329 g/mol. The lowest BCUT2D eigenvalue weighted by molar-refractivity contribution is 0.0512. The molecule has 2 aromatic rings. The largest absolute Gasteiger partial charge is 0.462 e. The molecule has 0 unspecified atom stereocenters. The number of nitrogens with zero attached hydrogens (tertiary/aromatic N) is 1. The van der Waals surface area contributed by atoms with Gasteiger partial charge in [-0.05, 0) is 33.3 Å². The number of rotatable bonds is 6. The van der Waals surface area contributed by atoms with Crippen LogP contribution in [0.25, 0.3) is 11.1 Å². The van der Waals surface area contributed by atoms with E-state index < -0.39 is 11.9 Å². The minimum atomic E-state index is -0.433. The Kier molecular flexibility index (Phi) is 5.79. The van der Waals surface area contributed by atoms with Crippen LogP contribution in [-0.4, -0.2) is 29.7 Å². The molecule has 0 radical (unpaired) electrons. The Balaban J connectivity index is 2.79. The van der Waals surface area contributed by atoms with Crippen LogP contribution in [0.1, 0.15) is 47.3 Å². The highest BCUT2D eigenvalue weighted by Crippen LogP contribution is 2.34. The second kappa shape index (κ2) is 7.81. The van der Waals surface area contributed by atoms with Crippen LogP contribution in [0, 0.1) is 6.92 Å². The molecular weight excluding hydrogens is 306 g/mol. The summed E-state index contributed by atoms with van der Waals surface area (Å²) in [7, 11) is 0. The van der Waals surface area contributed by atoms with Crippen molar-refractivity contribution >= 4 is 11.9 Å². The maximum atomic E-state index is 12.6. The zero-order valence-electron chi connectivity index (χ0n) is 14.6. The molecule has 0 spiro atoms. The molecule has 0 bridgehead atoms. The number of esters is 2. The van der Waals surface area contributed by atoms with Gasteiger partial charge in [0.25, 0.3) is 0 Å². The first-order valence-corrected chi connectivity index (χ1v) is 8.19. The summed E-state index contributed by atoms with van der Waals surface area (Å²) in [6, 6.07) is 9.39. The smallest absolute Gasteiger partial charge is 0.355 e. The van der Waals surface area contributed by atoms with Gasteiger partial charge in [-0.3, -0.25) is 0 Å². The van der Waals surface area contributed by atoms with E-state index in [4.69, 9.17) is 9.47 Å². The molecule has 5 heteroatoms. The van der Waals surface area contributed by atoms with Gasteiger partial charge in [0.2, 0.25) is 0 Å². The lowest BCUT2D eigenvalue weighted by Gasteiger charge is -2.10. The van der Waals surface area contributed by atoms with Crippen molar-refractivity contribution in [1.82, 2.24) is 4.57 Å². The predicted octanol–water partition coefficient (Wildman–Crippen LogP) is 3.84. The van der Waals surface area contributed by atoms with Crippen molar-refractivity contribution in [2.45, 2.75) is 34.2 Å². The van der Waals surface area contributed by atoms with Gasteiger partial charge in [-0.25, -0.2) is 9.59 Å². The number of hydrogen-bond donors (Lipinski definition) is 0. The Morgan fingerprint density at radius 2 is 1.54 bits per heavy atom. The Morgan fingerprint density at radius 3 is 2.08 bits per heavy atom. The van der Waals surface area contributed by atoms with Crippen molar-refractivity contribution < 1.29 is 19.1 Å². The first-order valence-electron chi connectivity index (χ1n) is 8.19. The first kappa shape index (κ1) is 17.8. The molecule has 5 nitrogen and oxygen atoms in total. The summed E-state index contributed by atoms with van der Waals surface area (Å²) in [5.41, 5.74) is 2.89. The third kappa shape index (κ3) is 3.20. The van der Waals surface area contributed by atoms with E-state index in [-0.39, 0.29) is 13.2 Å². The van der Waals surface area contributed by atoms with Crippen molar-refractivity contribution in [3.05, 3.63) is 47.3 Å². The second-order valence-corrected chi connectivity index (χ2v) is 5.24. The van der Waals surface area contributed by atoms with Crippen LogP contribution in [0.3, 0.4) is 0 Å². The van der Waals surface area contributed by atoms with Crippen LogP contribution in [0.5, 0.6) is 0 Å². The fraction of sp³-hybridized carbons (Fsp3) is 0.368. The van der Waals surface area contributed by atoms with Gasteiger partial charge in [0, 0.05) is 17.8 Å². The zero-order valence-corrected chi connectivity index (χ0v) is 14.6. The maximum Gasteiger partial charge on any atom is 0.355 e. The van der Waals surface area contributed by atoms with Gasteiger partial charge in [0.05, 0.1) is 18.8 Å². The van der Waals surface area contributed by atoms with E-state index >= 15 is 0 Å². The van der Waals surface area contributed by atoms with Crippen molar-refractivity contribution in [1.29, 1.82) is 0 Å². The zero-order chi connectivity index (χ0) is 17.7. The van der Waals surface area contributed by atoms with Gasteiger partial charge >= 0.3 is 11.9 Å². The highest BCUT2D eigenvalue weighted by molar-refractivity contribution is 6.06. The van der Waals surface area contributed by atoms with Crippen molar-refractivity contribution in [3.63, 3.8) is 0 Å². The Morgan fingerprint density at radius 1 is 0.958 bits per heavy atom. The highest BCUT2D eigenvalue weighted by atomic mass is 16.5. The van der Waals surface area contributed by atoms with Gasteiger partial charge in [0.1, 0.15) is 5.69 Å². The average molecular weight is 329 g/mol. The second-order valence-electron chi connectivity index (χ2n) is 5.24. The molecule has 24 heavy (non-hydrogen) atoms. The SMILES string of the molecule is CCOC(=O)c1c(-c2ccccc2)c(C(=O)OCC)n(CC)c1C. The fourth-order valence-corrected chi connectivity index (χ4v) is 2.88. The number of carbonyl (C=O) groups is 2. The lowest BCUT2D eigenvalue weighted by atomic mass is 10.00. The number of ether oxygens (including phenoxy) is 2. The Bertz CT molecular complexity index is 732. The van der Waals surface area contributed by atoms with Crippen molar-refractivity contribution in [3.8, 4) is 11.1 Å². The minimum Gasteiger partial charge on any atom is -0.462 e. The van der Waals surface area contributed by atoms with Crippen molar-refractivity contribution in [2.24, 2.45) is 0 Å². The predicted molar refractivity (Wildman–Crippen MR) is 92.2 cm³/mol. The molecular formula is C19H23NO4. The summed E-state index contributed by atoms with van der Waals surface area (Å²) < 4.78 is 12.3.